The molecule has 0 aliphatic rings. The summed E-state index contributed by atoms with van der Waals surface area (Å²) in [6.45, 7) is 0. The zero-order valence-electron chi connectivity index (χ0n) is 10.2. The maximum Gasteiger partial charge on any atom is 0.252 e. The van der Waals surface area contributed by atoms with Gasteiger partial charge in [-0.3, -0.25) is 9.89 Å². The molecule has 1 aromatic carbocycles. The second kappa shape index (κ2) is 5.95. The molecule has 2 rings (SSSR count). The largest absolute Gasteiger partial charge is 0.365 e. The molecule has 1 heterocycles. The number of benzene rings is 1. The molecule has 0 saturated carbocycles. The second-order valence-corrected chi connectivity index (χ2v) is 4.96. The second-order valence-electron chi connectivity index (χ2n) is 4.15. The van der Waals surface area contributed by atoms with Crippen LogP contribution in [0.4, 0.5) is 0 Å². The number of hydrogen-bond acceptors (Lipinski definition) is 3. The van der Waals surface area contributed by atoms with Gasteiger partial charge in [-0.1, -0.05) is 29.3 Å². The van der Waals surface area contributed by atoms with E-state index in [0.717, 1.165) is 5.56 Å². The van der Waals surface area contributed by atoms with Crippen LogP contribution in [0.5, 0.6) is 0 Å². The molecule has 2 aromatic rings. The lowest BCUT2D eigenvalue weighted by Gasteiger charge is -2.14. The molecule has 7 heteroatoms. The van der Waals surface area contributed by atoms with Gasteiger partial charge in [0.05, 0.1) is 33.6 Å². The molecular formula is C13H10Cl2N4O. The predicted molar refractivity (Wildman–Crippen MR) is 75.6 cm³/mol. The van der Waals surface area contributed by atoms with Crippen molar-refractivity contribution in [2.75, 3.05) is 0 Å². The average molecular weight is 309 g/mol. The number of hydrogen-bond donors (Lipinski definition) is 2. The van der Waals surface area contributed by atoms with Crippen molar-refractivity contribution in [1.29, 1.82) is 5.26 Å². The minimum atomic E-state index is -0.600. The highest BCUT2D eigenvalue weighted by atomic mass is 35.5. The quantitative estimate of drug-likeness (QED) is 0.909. The normalized spacial score (nSPS) is 11.8. The number of aromatic nitrogens is 2. The van der Waals surface area contributed by atoms with Gasteiger partial charge in [0.15, 0.2) is 0 Å². The van der Waals surface area contributed by atoms with Crippen LogP contribution >= 0.6 is 23.2 Å². The monoisotopic (exact) mass is 308 g/mol. The molecule has 1 amide bonds. The Labute approximate surface area is 125 Å². The highest BCUT2D eigenvalue weighted by Gasteiger charge is 2.22. The van der Waals surface area contributed by atoms with E-state index in [1.807, 2.05) is 0 Å². The van der Waals surface area contributed by atoms with Crippen molar-refractivity contribution < 1.29 is 4.79 Å². The molecule has 20 heavy (non-hydrogen) atoms. The Hall–Kier alpha value is -2.03. The number of halogens is 2. The van der Waals surface area contributed by atoms with Crippen LogP contribution in [0.15, 0.2) is 24.4 Å². The third-order valence-corrected chi connectivity index (χ3v) is 3.66. The molecule has 0 aliphatic carbocycles. The average Bonchev–Trinajstić information content (AvgIpc) is 2.88. The number of nitrogens with two attached hydrogens (primary N) is 1. The van der Waals surface area contributed by atoms with E-state index in [4.69, 9.17) is 34.2 Å². The van der Waals surface area contributed by atoms with Gasteiger partial charge in [0.25, 0.3) is 5.91 Å². The molecule has 0 aliphatic heterocycles. The van der Waals surface area contributed by atoms with Crippen LogP contribution in [0.2, 0.25) is 10.0 Å². The molecule has 1 unspecified atom stereocenters. The molecule has 1 aromatic heterocycles. The van der Waals surface area contributed by atoms with E-state index in [9.17, 15) is 4.79 Å². The number of aromatic amines is 1. The number of nitrogens with zero attached hydrogens (tertiary/aromatic N) is 2. The molecule has 1 atom stereocenters. The van der Waals surface area contributed by atoms with Gasteiger partial charge in [0, 0.05) is 12.3 Å². The van der Waals surface area contributed by atoms with Gasteiger partial charge < -0.3 is 5.73 Å². The van der Waals surface area contributed by atoms with E-state index < -0.39 is 5.91 Å². The van der Waals surface area contributed by atoms with E-state index in [0.29, 0.717) is 15.7 Å². The van der Waals surface area contributed by atoms with Gasteiger partial charge in [-0.2, -0.15) is 10.4 Å². The summed E-state index contributed by atoms with van der Waals surface area (Å²) in [5.41, 5.74) is 6.81. The Morgan fingerprint density at radius 2 is 2.20 bits per heavy atom. The van der Waals surface area contributed by atoms with Gasteiger partial charge in [-0.05, 0) is 17.7 Å². The first-order chi connectivity index (χ1) is 9.54. The molecule has 0 spiro atoms. The number of primary amides is 1. The van der Waals surface area contributed by atoms with Crippen LogP contribution in [-0.2, 0) is 0 Å². The standard InChI is InChI=1S/C13H10Cl2N4O/c14-10-2-1-7(5-11(10)15)8(3-4-16)12-9(13(17)20)6-18-19-12/h1-2,5-6,8H,3H2,(H2,17,20)(H,18,19). The minimum Gasteiger partial charge on any atom is -0.365 e. The number of nitriles is 1. The van der Waals surface area contributed by atoms with Gasteiger partial charge in [-0.25, -0.2) is 0 Å². The van der Waals surface area contributed by atoms with Crippen LogP contribution in [0.3, 0.4) is 0 Å². The molecule has 102 valence electrons. The molecule has 0 saturated heterocycles. The summed E-state index contributed by atoms with van der Waals surface area (Å²) in [7, 11) is 0. The van der Waals surface area contributed by atoms with Crippen LogP contribution in [0, 0.1) is 11.3 Å². The van der Waals surface area contributed by atoms with Gasteiger partial charge in [0.2, 0.25) is 0 Å². The number of rotatable bonds is 4. The zero-order valence-corrected chi connectivity index (χ0v) is 11.7. The van der Waals surface area contributed by atoms with Crippen molar-refractivity contribution in [2.45, 2.75) is 12.3 Å². The lowest BCUT2D eigenvalue weighted by molar-refractivity contribution is 0.0999. The van der Waals surface area contributed by atoms with E-state index >= 15 is 0 Å². The van der Waals surface area contributed by atoms with E-state index in [1.54, 1.807) is 18.2 Å². The summed E-state index contributed by atoms with van der Waals surface area (Å²) in [5.74, 6) is -0.975. The van der Waals surface area contributed by atoms with Crippen LogP contribution in [0.1, 0.15) is 34.0 Å². The van der Waals surface area contributed by atoms with Gasteiger partial charge >= 0.3 is 0 Å². The molecule has 0 fully saturated rings. The van der Waals surface area contributed by atoms with Crippen LogP contribution in [-0.4, -0.2) is 16.1 Å². The van der Waals surface area contributed by atoms with Crippen molar-refractivity contribution in [1.82, 2.24) is 10.2 Å². The number of H-pyrrole nitrogens is 1. The first-order valence-electron chi connectivity index (χ1n) is 5.69. The maximum atomic E-state index is 11.4. The molecule has 0 radical (unpaired) electrons. The first-order valence-corrected chi connectivity index (χ1v) is 6.45. The predicted octanol–water partition coefficient (Wildman–Crippen LogP) is 2.86. The highest BCUT2D eigenvalue weighted by Crippen LogP contribution is 2.32. The number of nitrogens with one attached hydrogen (secondary N) is 1. The summed E-state index contributed by atoms with van der Waals surface area (Å²) in [6, 6.07) is 7.14. The Balaban J connectivity index is 2.51. The first kappa shape index (κ1) is 14.4. The van der Waals surface area contributed by atoms with Crippen molar-refractivity contribution in [3.63, 3.8) is 0 Å². The summed E-state index contributed by atoms with van der Waals surface area (Å²) >= 11 is 11.9. The number of carbonyl (C=O) groups is 1. The van der Waals surface area contributed by atoms with Crippen molar-refractivity contribution in [3.8, 4) is 6.07 Å². The van der Waals surface area contributed by atoms with Crippen molar-refractivity contribution in [3.05, 3.63) is 51.3 Å². The number of carbonyl (C=O) groups excluding carboxylic acids is 1. The Morgan fingerprint density at radius 1 is 1.45 bits per heavy atom. The molecule has 3 N–H and O–H groups in total. The van der Waals surface area contributed by atoms with E-state index in [-0.39, 0.29) is 17.9 Å². The Kier molecular flexibility index (Phi) is 4.28. The highest BCUT2D eigenvalue weighted by molar-refractivity contribution is 6.42. The van der Waals surface area contributed by atoms with Gasteiger partial charge in [0.1, 0.15) is 0 Å². The van der Waals surface area contributed by atoms with Crippen molar-refractivity contribution >= 4 is 29.1 Å². The topological polar surface area (TPSA) is 95.6 Å². The summed E-state index contributed by atoms with van der Waals surface area (Å²) < 4.78 is 0. The molecular weight excluding hydrogens is 299 g/mol. The zero-order chi connectivity index (χ0) is 14.7. The SMILES string of the molecule is N#CCC(c1ccc(Cl)c(Cl)c1)c1[nH]ncc1C(N)=O. The number of amides is 1. The van der Waals surface area contributed by atoms with Gasteiger partial charge in [-0.15, -0.1) is 0 Å². The fraction of sp³-hybridized carbons (Fsp3) is 0.154. The van der Waals surface area contributed by atoms with Crippen molar-refractivity contribution in [2.24, 2.45) is 5.73 Å². The third kappa shape index (κ3) is 2.77. The fourth-order valence-electron chi connectivity index (χ4n) is 1.97. The summed E-state index contributed by atoms with van der Waals surface area (Å²) in [5, 5.41) is 16.3. The van der Waals surface area contributed by atoms with E-state index in [2.05, 4.69) is 16.3 Å². The van der Waals surface area contributed by atoms with E-state index in [1.165, 1.54) is 6.20 Å². The molecule has 0 bridgehead atoms. The van der Waals surface area contributed by atoms with Crippen LogP contribution in [0.25, 0.3) is 0 Å². The minimum absolute atomic E-state index is 0.153. The lowest BCUT2D eigenvalue weighted by atomic mass is 9.91. The molecule has 5 nitrogen and oxygen atoms in total. The lowest BCUT2D eigenvalue weighted by Crippen LogP contribution is -2.15. The fourth-order valence-corrected chi connectivity index (χ4v) is 2.27. The Morgan fingerprint density at radius 3 is 2.80 bits per heavy atom. The summed E-state index contributed by atoms with van der Waals surface area (Å²) in [6.07, 6.45) is 1.50. The summed E-state index contributed by atoms with van der Waals surface area (Å²) in [4.78, 5) is 11.4. The third-order valence-electron chi connectivity index (χ3n) is 2.92. The Bertz CT molecular complexity index is 690. The maximum absolute atomic E-state index is 11.4. The smallest absolute Gasteiger partial charge is 0.252 e. The van der Waals surface area contributed by atoms with Crippen LogP contribution < -0.4 is 5.73 Å².